The maximum Gasteiger partial charge on any atom is 0.488 e. The molecule has 0 saturated carbocycles. The van der Waals surface area contributed by atoms with E-state index in [9.17, 15) is 10.0 Å². The van der Waals surface area contributed by atoms with E-state index in [1.54, 1.807) is 28.7 Å². The summed E-state index contributed by atoms with van der Waals surface area (Å²) >= 11 is 3.56. The van der Waals surface area contributed by atoms with Crippen molar-refractivity contribution in [2.24, 2.45) is 0 Å². The van der Waals surface area contributed by atoms with Crippen molar-refractivity contribution in [3.63, 3.8) is 0 Å². The van der Waals surface area contributed by atoms with Crippen LogP contribution in [0.1, 0.15) is 0 Å². The Hall–Kier alpha value is -1.92. The van der Waals surface area contributed by atoms with Gasteiger partial charge in [0.05, 0.1) is 0 Å². The minimum Gasteiger partial charge on any atom is -0.423 e. The average molecular weight is 334 g/mol. The van der Waals surface area contributed by atoms with E-state index in [0.29, 0.717) is 5.46 Å². The molecule has 0 aliphatic carbocycles. The molecule has 0 saturated heterocycles. The van der Waals surface area contributed by atoms with Gasteiger partial charge in [0.2, 0.25) is 0 Å². The molecule has 23 heavy (non-hydrogen) atoms. The van der Waals surface area contributed by atoms with Gasteiger partial charge in [0.15, 0.2) is 0 Å². The van der Waals surface area contributed by atoms with Gasteiger partial charge in [0.1, 0.15) is 0 Å². The van der Waals surface area contributed by atoms with Gasteiger partial charge < -0.3 is 10.0 Å². The minimum atomic E-state index is -1.43. The largest absolute Gasteiger partial charge is 0.488 e. The van der Waals surface area contributed by atoms with Crippen LogP contribution in [0.5, 0.6) is 0 Å². The summed E-state index contributed by atoms with van der Waals surface area (Å²) in [6, 6.07) is 18.6. The molecule has 0 radical (unpaired) electrons. The van der Waals surface area contributed by atoms with E-state index in [2.05, 4.69) is 36.4 Å². The van der Waals surface area contributed by atoms with Crippen molar-refractivity contribution in [3.8, 4) is 0 Å². The van der Waals surface area contributed by atoms with E-state index in [0.717, 1.165) is 5.39 Å². The summed E-state index contributed by atoms with van der Waals surface area (Å²) in [7, 11) is -1.43. The smallest absolute Gasteiger partial charge is 0.423 e. The minimum absolute atomic E-state index is 0.536. The molecule has 0 spiro atoms. The highest BCUT2D eigenvalue weighted by Crippen LogP contribution is 2.41. The average Bonchev–Trinajstić information content (AvgIpc) is 3.09. The normalized spacial score (nSPS) is 11.9. The Kier molecular flexibility index (Phi) is 2.81. The van der Waals surface area contributed by atoms with Crippen LogP contribution >= 0.6 is 22.7 Å². The monoisotopic (exact) mass is 334 g/mol. The fourth-order valence-corrected chi connectivity index (χ4v) is 5.41. The summed E-state index contributed by atoms with van der Waals surface area (Å²) in [4.78, 5) is 0. The highest BCUT2D eigenvalue weighted by Gasteiger charge is 2.15. The second-order valence-electron chi connectivity index (χ2n) is 5.67. The Balaban J connectivity index is 1.92. The van der Waals surface area contributed by atoms with E-state index < -0.39 is 7.12 Å². The molecule has 0 aliphatic rings. The molecule has 5 heteroatoms. The Morgan fingerprint density at radius 3 is 1.96 bits per heavy atom. The molecular weight excluding hydrogens is 323 g/mol. The SMILES string of the molecule is OB(O)c1ccc2sc3cc4c(cc3c2c1)sc1ccccc14. The van der Waals surface area contributed by atoms with Crippen LogP contribution in [0.15, 0.2) is 54.6 Å². The summed E-state index contributed by atoms with van der Waals surface area (Å²) in [6.07, 6.45) is 0. The molecule has 0 bridgehead atoms. The number of hydrogen-bond donors (Lipinski definition) is 2. The molecule has 0 aliphatic heterocycles. The fraction of sp³-hybridized carbons (Fsp3) is 0. The molecule has 0 unspecified atom stereocenters. The first-order valence-corrected chi connectivity index (χ1v) is 8.97. The van der Waals surface area contributed by atoms with Crippen LogP contribution in [0.2, 0.25) is 0 Å². The molecule has 2 heterocycles. The molecule has 0 amide bonds. The van der Waals surface area contributed by atoms with Gasteiger partial charge in [0, 0.05) is 40.3 Å². The Morgan fingerprint density at radius 1 is 0.609 bits per heavy atom. The van der Waals surface area contributed by atoms with E-state index in [1.165, 1.54) is 35.0 Å². The maximum absolute atomic E-state index is 9.42. The zero-order valence-electron chi connectivity index (χ0n) is 12.0. The molecule has 0 fully saturated rings. The first-order valence-electron chi connectivity index (χ1n) is 7.34. The summed E-state index contributed by atoms with van der Waals surface area (Å²) < 4.78 is 4.98. The number of thiophene rings is 2. The lowest BCUT2D eigenvalue weighted by atomic mass is 9.80. The third kappa shape index (κ3) is 1.95. The summed E-state index contributed by atoms with van der Waals surface area (Å²) in [5.41, 5.74) is 0.536. The van der Waals surface area contributed by atoms with Crippen LogP contribution in [-0.4, -0.2) is 17.2 Å². The van der Waals surface area contributed by atoms with Crippen molar-refractivity contribution in [1.82, 2.24) is 0 Å². The van der Waals surface area contributed by atoms with Crippen molar-refractivity contribution in [3.05, 3.63) is 54.6 Å². The van der Waals surface area contributed by atoms with E-state index >= 15 is 0 Å². The van der Waals surface area contributed by atoms with Crippen LogP contribution in [0.3, 0.4) is 0 Å². The highest BCUT2D eigenvalue weighted by atomic mass is 32.1. The molecule has 2 nitrogen and oxygen atoms in total. The van der Waals surface area contributed by atoms with Crippen LogP contribution in [-0.2, 0) is 0 Å². The number of benzene rings is 3. The van der Waals surface area contributed by atoms with Crippen LogP contribution in [0.25, 0.3) is 40.3 Å². The van der Waals surface area contributed by atoms with Gasteiger partial charge in [0.25, 0.3) is 0 Å². The second-order valence-corrected chi connectivity index (χ2v) is 7.84. The van der Waals surface area contributed by atoms with Gasteiger partial charge in [-0.25, -0.2) is 0 Å². The first-order chi connectivity index (χ1) is 11.2. The Labute approximate surface area is 140 Å². The zero-order chi connectivity index (χ0) is 15.6. The van der Waals surface area contributed by atoms with Crippen molar-refractivity contribution < 1.29 is 10.0 Å². The van der Waals surface area contributed by atoms with Crippen molar-refractivity contribution in [2.75, 3.05) is 0 Å². The number of hydrogen-bond acceptors (Lipinski definition) is 4. The van der Waals surface area contributed by atoms with Crippen LogP contribution in [0.4, 0.5) is 0 Å². The van der Waals surface area contributed by atoms with Gasteiger partial charge in [-0.1, -0.05) is 30.3 Å². The van der Waals surface area contributed by atoms with Gasteiger partial charge in [-0.2, -0.15) is 0 Å². The molecule has 2 N–H and O–H groups in total. The fourth-order valence-electron chi connectivity index (χ4n) is 3.17. The van der Waals surface area contributed by atoms with Crippen LogP contribution < -0.4 is 5.46 Å². The quantitative estimate of drug-likeness (QED) is 0.453. The first kappa shape index (κ1) is 13.5. The van der Waals surface area contributed by atoms with Crippen molar-refractivity contribution >= 4 is 75.6 Å². The summed E-state index contributed by atoms with van der Waals surface area (Å²) in [6.45, 7) is 0. The van der Waals surface area contributed by atoms with Gasteiger partial charge >= 0.3 is 7.12 Å². The topological polar surface area (TPSA) is 40.5 Å². The molecule has 0 atom stereocenters. The Bertz CT molecular complexity index is 1200. The molecule has 110 valence electrons. The molecule has 2 aromatic heterocycles. The number of rotatable bonds is 1. The Morgan fingerprint density at radius 2 is 1.22 bits per heavy atom. The van der Waals surface area contributed by atoms with Gasteiger partial charge in [-0.05, 0) is 29.7 Å². The molecule has 5 aromatic rings. The predicted molar refractivity (Wildman–Crippen MR) is 102 cm³/mol. The third-order valence-corrected chi connectivity index (χ3v) is 6.56. The third-order valence-electron chi connectivity index (χ3n) is 4.29. The van der Waals surface area contributed by atoms with E-state index in [1.807, 2.05) is 12.1 Å². The zero-order valence-corrected chi connectivity index (χ0v) is 13.6. The predicted octanol–water partition coefficient (Wildman–Crippen LogP) is 4.10. The van der Waals surface area contributed by atoms with Gasteiger partial charge in [-0.15, -0.1) is 22.7 Å². The van der Waals surface area contributed by atoms with E-state index in [4.69, 9.17) is 0 Å². The van der Waals surface area contributed by atoms with Crippen LogP contribution in [0, 0.1) is 0 Å². The highest BCUT2D eigenvalue weighted by molar-refractivity contribution is 7.27. The van der Waals surface area contributed by atoms with Gasteiger partial charge in [-0.3, -0.25) is 0 Å². The summed E-state index contributed by atoms with van der Waals surface area (Å²) in [5, 5.41) is 23.7. The lowest BCUT2D eigenvalue weighted by Gasteiger charge is -1.99. The summed E-state index contributed by atoms with van der Waals surface area (Å²) in [5.74, 6) is 0. The van der Waals surface area contributed by atoms with Crippen molar-refractivity contribution in [2.45, 2.75) is 0 Å². The lowest BCUT2D eigenvalue weighted by Crippen LogP contribution is -2.29. The molecule has 5 rings (SSSR count). The number of fused-ring (bicyclic) bond motifs is 6. The standard InChI is InChI=1S/C18H11BO2S2/c20-19(21)10-5-6-16-12(7-10)14-9-17-13(8-18(14)23-16)11-3-1-2-4-15(11)22-17/h1-9,20-21H. The van der Waals surface area contributed by atoms with E-state index in [-0.39, 0.29) is 0 Å². The van der Waals surface area contributed by atoms with Crippen molar-refractivity contribution in [1.29, 1.82) is 0 Å². The second kappa shape index (κ2) is 4.79. The molecular formula is C18H11BO2S2. The maximum atomic E-state index is 9.42. The molecule has 3 aromatic carbocycles. The lowest BCUT2D eigenvalue weighted by molar-refractivity contribution is 0.426.